The summed E-state index contributed by atoms with van der Waals surface area (Å²) in [6, 6.07) is 1.93. The van der Waals surface area contributed by atoms with Crippen LogP contribution in [0.2, 0.25) is 5.02 Å². The van der Waals surface area contributed by atoms with Gasteiger partial charge in [0.1, 0.15) is 0 Å². The van der Waals surface area contributed by atoms with Gasteiger partial charge in [-0.05, 0) is 30.7 Å². The molecule has 2 N–H and O–H groups in total. The van der Waals surface area contributed by atoms with Crippen LogP contribution in [0.4, 0.5) is 0 Å². The number of fused-ring (bicyclic) bond motifs is 1. The zero-order valence-corrected chi connectivity index (χ0v) is 10.8. The molecule has 1 saturated carbocycles. The van der Waals surface area contributed by atoms with Crippen LogP contribution in [0.1, 0.15) is 23.2 Å². The molecule has 1 aromatic rings. The van der Waals surface area contributed by atoms with Crippen molar-refractivity contribution in [2.45, 2.75) is 18.9 Å². The molecule has 96 valence electrons. The number of nitrogens with two attached hydrogens (primary N) is 1. The van der Waals surface area contributed by atoms with Gasteiger partial charge in [0.05, 0.1) is 10.6 Å². The van der Waals surface area contributed by atoms with Gasteiger partial charge in [0.2, 0.25) is 0 Å². The van der Waals surface area contributed by atoms with Gasteiger partial charge >= 0.3 is 0 Å². The number of nitrogens with zero attached hydrogens (tertiary/aromatic N) is 2. The van der Waals surface area contributed by atoms with Crippen molar-refractivity contribution in [1.29, 1.82) is 0 Å². The van der Waals surface area contributed by atoms with Crippen molar-refractivity contribution in [3.63, 3.8) is 0 Å². The summed E-state index contributed by atoms with van der Waals surface area (Å²) in [5, 5.41) is 0.420. The van der Waals surface area contributed by atoms with Crippen molar-refractivity contribution in [2.75, 3.05) is 13.1 Å². The Bertz CT molecular complexity index is 479. The number of pyridine rings is 1. The number of likely N-dealkylation sites (tertiary alicyclic amines) is 1. The molecule has 1 aliphatic heterocycles. The largest absolute Gasteiger partial charge is 0.338 e. The second-order valence-electron chi connectivity index (χ2n) is 5.23. The Labute approximate surface area is 111 Å². The molecule has 2 fully saturated rings. The normalized spacial score (nSPS) is 30.6. The van der Waals surface area contributed by atoms with Gasteiger partial charge < -0.3 is 10.6 Å². The number of carbonyl (C=O) groups is 1. The molecule has 0 radical (unpaired) electrons. The third-order valence-corrected chi connectivity index (χ3v) is 4.50. The summed E-state index contributed by atoms with van der Waals surface area (Å²) in [6.07, 6.45) is 5.34. The quantitative estimate of drug-likeness (QED) is 0.838. The lowest BCUT2D eigenvalue weighted by Crippen LogP contribution is -2.33. The molecule has 3 rings (SSSR count). The highest BCUT2D eigenvalue weighted by molar-refractivity contribution is 6.33. The van der Waals surface area contributed by atoms with Crippen LogP contribution in [0.25, 0.3) is 0 Å². The molecule has 2 heterocycles. The molecule has 0 aromatic carbocycles. The summed E-state index contributed by atoms with van der Waals surface area (Å²) in [7, 11) is 0. The highest BCUT2D eigenvalue weighted by Crippen LogP contribution is 2.37. The molecular formula is C13H16ClN3O. The first-order valence-corrected chi connectivity index (χ1v) is 6.69. The van der Waals surface area contributed by atoms with E-state index in [1.807, 2.05) is 4.90 Å². The Morgan fingerprint density at radius 1 is 1.44 bits per heavy atom. The number of aromatic nitrogens is 1. The molecular weight excluding hydrogens is 250 g/mol. The zero-order valence-electron chi connectivity index (χ0n) is 10.1. The molecule has 1 saturated heterocycles. The van der Waals surface area contributed by atoms with Crippen LogP contribution < -0.4 is 5.73 Å². The maximum absolute atomic E-state index is 12.4. The second kappa shape index (κ2) is 4.52. The summed E-state index contributed by atoms with van der Waals surface area (Å²) in [4.78, 5) is 18.2. The van der Waals surface area contributed by atoms with Crippen molar-refractivity contribution in [3.05, 3.63) is 29.0 Å². The van der Waals surface area contributed by atoms with Crippen LogP contribution >= 0.6 is 11.6 Å². The minimum Gasteiger partial charge on any atom is -0.338 e. The van der Waals surface area contributed by atoms with Crippen LogP contribution in [0.3, 0.4) is 0 Å². The third kappa shape index (κ3) is 1.89. The van der Waals surface area contributed by atoms with Gasteiger partial charge in [0.25, 0.3) is 5.91 Å². The number of halogens is 1. The highest BCUT2D eigenvalue weighted by atomic mass is 35.5. The Balaban J connectivity index is 1.78. The van der Waals surface area contributed by atoms with E-state index >= 15 is 0 Å². The van der Waals surface area contributed by atoms with E-state index < -0.39 is 0 Å². The molecule has 0 bridgehead atoms. The van der Waals surface area contributed by atoms with E-state index in [1.165, 1.54) is 6.20 Å². The summed E-state index contributed by atoms with van der Waals surface area (Å²) in [5.74, 6) is 1.04. The zero-order chi connectivity index (χ0) is 12.7. The average Bonchev–Trinajstić information content (AvgIpc) is 2.92. The summed E-state index contributed by atoms with van der Waals surface area (Å²) < 4.78 is 0. The molecule has 2 aliphatic rings. The molecule has 3 unspecified atom stereocenters. The van der Waals surface area contributed by atoms with E-state index in [1.54, 1.807) is 12.3 Å². The third-order valence-electron chi connectivity index (χ3n) is 4.20. The lowest BCUT2D eigenvalue weighted by molar-refractivity contribution is 0.0779. The second-order valence-corrected chi connectivity index (χ2v) is 5.64. The van der Waals surface area contributed by atoms with E-state index in [-0.39, 0.29) is 11.9 Å². The minimum absolute atomic E-state index is 0.00370. The summed E-state index contributed by atoms with van der Waals surface area (Å²) in [5.41, 5.74) is 6.62. The topological polar surface area (TPSA) is 59.2 Å². The molecule has 1 aliphatic carbocycles. The average molecular weight is 266 g/mol. The van der Waals surface area contributed by atoms with E-state index in [0.29, 0.717) is 22.4 Å². The van der Waals surface area contributed by atoms with Gasteiger partial charge in [-0.15, -0.1) is 0 Å². The number of hydrogen-bond acceptors (Lipinski definition) is 3. The van der Waals surface area contributed by atoms with Crippen molar-refractivity contribution < 1.29 is 4.79 Å². The molecule has 3 atom stereocenters. The molecule has 4 nitrogen and oxygen atoms in total. The Kier molecular flexibility index (Phi) is 2.99. The number of amides is 1. The Morgan fingerprint density at radius 2 is 2.28 bits per heavy atom. The van der Waals surface area contributed by atoms with Gasteiger partial charge in [-0.2, -0.15) is 0 Å². The summed E-state index contributed by atoms with van der Waals surface area (Å²) >= 11 is 6.01. The van der Waals surface area contributed by atoms with Gasteiger partial charge in [-0.25, -0.2) is 0 Å². The van der Waals surface area contributed by atoms with Crippen molar-refractivity contribution in [1.82, 2.24) is 9.88 Å². The standard InChI is InChI=1S/C13H16ClN3O/c14-11-5-16-4-3-9(11)13(18)17-6-8-1-2-12(15)10(8)7-17/h3-5,8,10,12H,1-2,6-7,15H2. The molecule has 1 amide bonds. The lowest BCUT2D eigenvalue weighted by atomic mass is 9.98. The van der Waals surface area contributed by atoms with Gasteiger partial charge in [0, 0.05) is 31.5 Å². The molecule has 0 spiro atoms. The fraction of sp³-hybridized carbons (Fsp3) is 0.538. The van der Waals surface area contributed by atoms with Gasteiger partial charge in [-0.3, -0.25) is 9.78 Å². The fourth-order valence-corrected chi connectivity index (χ4v) is 3.39. The smallest absolute Gasteiger partial charge is 0.255 e. The number of rotatable bonds is 1. The van der Waals surface area contributed by atoms with Crippen LogP contribution in [-0.2, 0) is 0 Å². The van der Waals surface area contributed by atoms with E-state index in [4.69, 9.17) is 17.3 Å². The van der Waals surface area contributed by atoms with E-state index in [9.17, 15) is 4.79 Å². The highest BCUT2D eigenvalue weighted by Gasteiger charge is 2.42. The number of carbonyl (C=O) groups excluding carboxylic acids is 1. The lowest BCUT2D eigenvalue weighted by Gasteiger charge is -2.19. The van der Waals surface area contributed by atoms with Crippen LogP contribution in [-0.4, -0.2) is 34.9 Å². The Hall–Kier alpha value is -1.13. The molecule has 5 heteroatoms. The maximum Gasteiger partial charge on any atom is 0.255 e. The SMILES string of the molecule is NC1CCC2CN(C(=O)c3ccncc3Cl)CC12. The van der Waals surface area contributed by atoms with Crippen LogP contribution in [0.15, 0.2) is 18.5 Å². The first kappa shape index (κ1) is 11.9. The minimum atomic E-state index is 0.00370. The van der Waals surface area contributed by atoms with Crippen LogP contribution in [0, 0.1) is 11.8 Å². The fourth-order valence-electron chi connectivity index (χ4n) is 3.19. The van der Waals surface area contributed by atoms with E-state index in [0.717, 1.165) is 25.9 Å². The predicted octanol–water partition coefficient (Wildman–Crippen LogP) is 1.54. The van der Waals surface area contributed by atoms with Crippen molar-refractivity contribution in [3.8, 4) is 0 Å². The van der Waals surface area contributed by atoms with Crippen molar-refractivity contribution >= 4 is 17.5 Å². The van der Waals surface area contributed by atoms with Crippen LogP contribution in [0.5, 0.6) is 0 Å². The van der Waals surface area contributed by atoms with Gasteiger partial charge in [-0.1, -0.05) is 11.6 Å². The van der Waals surface area contributed by atoms with Crippen molar-refractivity contribution in [2.24, 2.45) is 17.6 Å². The Morgan fingerprint density at radius 3 is 3.00 bits per heavy atom. The van der Waals surface area contributed by atoms with Gasteiger partial charge in [0.15, 0.2) is 0 Å². The van der Waals surface area contributed by atoms with E-state index in [2.05, 4.69) is 4.98 Å². The monoisotopic (exact) mass is 265 g/mol. The molecule has 1 aromatic heterocycles. The summed E-state index contributed by atoms with van der Waals surface area (Å²) in [6.45, 7) is 1.58. The first-order chi connectivity index (χ1) is 8.66. The first-order valence-electron chi connectivity index (χ1n) is 6.31. The molecule has 18 heavy (non-hydrogen) atoms. The predicted molar refractivity (Wildman–Crippen MR) is 69.3 cm³/mol. The maximum atomic E-state index is 12.4. The number of hydrogen-bond donors (Lipinski definition) is 1.